The Hall–Kier alpha value is -1.16. The van der Waals surface area contributed by atoms with Crippen molar-refractivity contribution < 1.29 is 4.74 Å². The summed E-state index contributed by atoms with van der Waals surface area (Å²) in [5, 5.41) is 0. The fourth-order valence-electron chi connectivity index (χ4n) is 2.28. The topological polar surface area (TPSA) is 61.0 Å². The number of aromatic nitrogens is 2. The van der Waals surface area contributed by atoms with E-state index in [1.165, 1.54) is 12.8 Å². The second-order valence-electron chi connectivity index (χ2n) is 4.11. The first-order valence-electron chi connectivity index (χ1n) is 5.38. The number of methoxy groups -OCH3 is 1. The molecule has 1 aliphatic rings. The van der Waals surface area contributed by atoms with Crippen LogP contribution in [0.2, 0.25) is 0 Å². The van der Waals surface area contributed by atoms with E-state index in [-0.39, 0.29) is 5.41 Å². The molecule has 0 spiro atoms. The van der Waals surface area contributed by atoms with Crippen LogP contribution in [0.15, 0.2) is 12.3 Å². The highest BCUT2D eigenvalue weighted by Crippen LogP contribution is 2.38. The molecule has 15 heavy (non-hydrogen) atoms. The van der Waals surface area contributed by atoms with Crippen molar-refractivity contribution in [3.05, 3.63) is 18.1 Å². The summed E-state index contributed by atoms with van der Waals surface area (Å²) >= 11 is 0. The molecular weight excluding hydrogens is 190 g/mol. The lowest BCUT2D eigenvalue weighted by molar-refractivity contribution is 0.375. The van der Waals surface area contributed by atoms with E-state index in [1.807, 2.05) is 0 Å². The molecule has 0 atom stereocenters. The van der Waals surface area contributed by atoms with E-state index in [1.54, 1.807) is 19.4 Å². The normalized spacial score (nSPS) is 19.1. The molecule has 0 saturated heterocycles. The first-order valence-corrected chi connectivity index (χ1v) is 5.38. The molecule has 1 aliphatic carbocycles. The molecule has 82 valence electrons. The van der Waals surface area contributed by atoms with Gasteiger partial charge in [0.1, 0.15) is 5.82 Å². The summed E-state index contributed by atoms with van der Waals surface area (Å²) in [6.07, 6.45) is 6.37. The molecule has 2 N–H and O–H groups in total. The van der Waals surface area contributed by atoms with Gasteiger partial charge in [-0.2, -0.15) is 4.98 Å². The Labute approximate surface area is 89.9 Å². The fraction of sp³-hybridized carbons (Fsp3) is 0.636. The number of ether oxygens (including phenoxy) is 1. The number of hydrogen-bond donors (Lipinski definition) is 1. The molecule has 2 rings (SSSR count). The van der Waals surface area contributed by atoms with Crippen LogP contribution in [0.4, 0.5) is 0 Å². The molecule has 0 amide bonds. The molecule has 1 aromatic rings. The zero-order valence-corrected chi connectivity index (χ0v) is 9.07. The molecule has 1 fully saturated rings. The Balaban J connectivity index is 2.33. The van der Waals surface area contributed by atoms with Gasteiger partial charge in [-0.05, 0) is 12.8 Å². The average Bonchev–Trinajstić information content (AvgIpc) is 2.79. The summed E-state index contributed by atoms with van der Waals surface area (Å²) in [6, 6.07) is 1.77. The Bertz CT molecular complexity index is 334. The van der Waals surface area contributed by atoms with Crippen LogP contribution in [0.1, 0.15) is 31.5 Å². The van der Waals surface area contributed by atoms with Gasteiger partial charge in [0.25, 0.3) is 0 Å². The molecule has 0 bridgehead atoms. The molecule has 4 heteroatoms. The number of hydrogen-bond acceptors (Lipinski definition) is 4. The van der Waals surface area contributed by atoms with E-state index in [9.17, 15) is 0 Å². The Kier molecular flexibility index (Phi) is 2.86. The predicted molar refractivity (Wildman–Crippen MR) is 57.8 cm³/mol. The van der Waals surface area contributed by atoms with Crippen molar-refractivity contribution in [1.82, 2.24) is 9.97 Å². The third-order valence-corrected chi connectivity index (χ3v) is 3.26. The minimum atomic E-state index is -0.00542. The fourth-order valence-corrected chi connectivity index (χ4v) is 2.28. The maximum Gasteiger partial charge on any atom is 0.216 e. The van der Waals surface area contributed by atoms with Gasteiger partial charge in [0.2, 0.25) is 5.88 Å². The predicted octanol–water partition coefficient (Wildman–Crippen LogP) is 1.26. The van der Waals surface area contributed by atoms with Gasteiger partial charge < -0.3 is 10.5 Å². The highest BCUT2D eigenvalue weighted by atomic mass is 16.5. The van der Waals surface area contributed by atoms with Crippen LogP contribution < -0.4 is 10.5 Å². The monoisotopic (exact) mass is 207 g/mol. The summed E-state index contributed by atoms with van der Waals surface area (Å²) in [4.78, 5) is 8.74. The Morgan fingerprint density at radius 2 is 2.20 bits per heavy atom. The van der Waals surface area contributed by atoms with E-state index in [4.69, 9.17) is 10.5 Å². The SMILES string of the molecule is COc1ccnc(C2(CN)CCCC2)n1. The van der Waals surface area contributed by atoms with Crippen molar-refractivity contribution in [3.63, 3.8) is 0 Å². The molecule has 1 aromatic heterocycles. The highest BCUT2D eigenvalue weighted by molar-refractivity contribution is 5.17. The van der Waals surface area contributed by atoms with Gasteiger partial charge >= 0.3 is 0 Å². The van der Waals surface area contributed by atoms with Crippen molar-refractivity contribution in [2.45, 2.75) is 31.1 Å². The van der Waals surface area contributed by atoms with Crippen LogP contribution in [0.25, 0.3) is 0 Å². The van der Waals surface area contributed by atoms with Crippen molar-refractivity contribution in [3.8, 4) is 5.88 Å². The summed E-state index contributed by atoms with van der Waals surface area (Å²) < 4.78 is 5.11. The third-order valence-electron chi connectivity index (χ3n) is 3.26. The molecule has 0 aromatic carbocycles. The van der Waals surface area contributed by atoms with Crippen molar-refractivity contribution >= 4 is 0 Å². The zero-order valence-electron chi connectivity index (χ0n) is 9.07. The lowest BCUT2D eigenvalue weighted by atomic mass is 9.85. The van der Waals surface area contributed by atoms with Gasteiger partial charge in [0, 0.05) is 24.2 Å². The van der Waals surface area contributed by atoms with Crippen LogP contribution in [0.5, 0.6) is 5.88 Å². The minimum Gasteiger partial charge on any atom is -0.481 e. The first kappa shape index (κ1) is 10.4. The molecule has 4 nitrogen and oxygen atoms in total. The lowest BCUT2D eigenvalue weighted by Crippen LogP contribution is -2.34. The van der Waals surface area contributed by atoms with E-state index in [2.05, 4.69) is 9.97 Å². The maximum atomic E-state index is 5.87. The molecule has 0 aliphatic heterocycles. The second-order valence-corrected chi connectivity index (χ2v) is 4.11. The molecule has 1 heterocycles. The van der Waals surface area contributed by atoms with Crippen molar-refractivity contribution in [2.24, 2.45) is 5.73 Å². The first-order chi connectivity index (χ1) is 7.30. The highest BCUT2D eigenvalue weighted by Gasteiger charge is 2.37. The smallest absolute Gasteiger partial charge is 0.216 e. The van der Waals surface area contributed by atoms with Crippen LogP contribution in [0, 0.1) is 0 Å². The van der Waals surface area contributed by atoms with Gasteiger partial charge in [-0.3, -0.25) is 0 Å². The zero-order chi connectivity index (χ0) is 10.7. The van der Waals surface area contributed by atoms with Gasteiger partial charge in [0.15, 0.2) is 0 Å². The maximum absolute atomic E-state index is 5.87. The molecular formula is C11H17N3O. The van der Waals surface area contributed by atoms with E-state index in [0.29, 0.717) is 12.4 Å². The third kappa shape index (κ3) is 1.81. The van der Waals surface area contributed by atoms with E-state index >= 15 is 0 Å². The summed E-state index contributed by atoms with van der Waals surface area (Å²) in [7, 11) is 1.62. The van der Waals surface area contributed by atoms with Crippen molar-refractivity contribution in [2.75, 3.05) is 13.7 Å². The minimum absolute atomic E-state index is 0.00542. The average molecular weight is 207 g/mol. The molecule has 1 saturated carbocycles. The van der Waals surface area contributed by atoms with Crippen molar-refractivity contribution in [1.29, 1.82) is 0 Å². The number of rotatable bonds is 3. The summed E-state index contributed by atoms with van der Waals surface area (Å²) in [5.74, 6) is 1.47. The summed E-state index contributed by atoms with van der Waals surface area (Å²) in [5.41, 5.74) is 5.87. The van der Waals surface area contributed by atoms with Crippen LogP contribution in [-0.4, -0.2) is 23.6 Å². The van der Waals surface area contributed by atoms with Gasteiger partial charge in [0.05, 0.1) is 7.11 Å². The standard InChI is InChI=1S/C11H17N3O/c1-15-9-4-7-13-10(14-9)11(8-12)5-2-3-6-11/h4,7H,2-3,5-6,8,12H2,1H3. The largest absolute Gasteiger partial charge is 0.481 e. The van der Waals surface area contributed by atoms with Crippen LogP contribution >= 0.6 is 0 Å². The molecule has 0 radical (unpaired) electrons. The summed E-state index contributed by atoms with van der Waals surface area (Å²) in [6.45, 7) is 0.625. The van der Waals surface area contributed by atoms with Crippen LogP contribution in [-0.2, 0) is 5.41 Å². The van der Waals surface area contributed by atoms with Crippen LogP contribution in [0.3, 0.4) is 0 Å². The quantitative estimate of drug-likeness (QED) is 0.810. The number of nitrogens with two attached hydrogens (primary N) is 1. The lowest BCUT2D eigenvalue weighted by Gasteiger charge is -2.25. The number of nitrogens with zero attached hydrogens (tertiary/aromatic N) is 2. The van der Waals surface area contributed by atoms with E-state index < -0.39 is 0 Å². The van der Waals surface area contributed by atoms with Gasteiger partial charge in [-0.1, -0.05) is 12.8 Å². The van der Waals surface area contributed by atoms with E-state index in [0.717, 1.165) is 18.7 Å². The van der Waals surface area contributed by atoms with Gasteiger partial charge in [-0.15, -0.1) is 0 Å². The Morgan fingerprint density at radius 3 is 2.80 bits per heavy atom. The molecule has 0 unspecified atom stereocenters. The Morgan fingerprint density at radius 1 is 1.47 bits per heavy atom. The van der Waals surface area contributed by atoms with Gasteiger partial charge in [-0.25, -0.2) is 4.98 Å². The second kappa shape index (κ2) is 4.14.